The van der Waals surface area contributed by atoms with Gasteiger partial charge in [-0.2, -0.15) is 13.2 Å². The van der Waals surface area contributed by atoms with Crippen LogP contribution in [0.5, 0.6) is 0 Å². The molecular weight excluding hydrogens is 397 g/mol. The van der Waals surface area contributed by atoms with Gasteiger partial charge in [-0.1, -0.05) is 6.07 Å². The molecule has 0 atom stereocenters. The van der Waals surface area contributed by atoms with Crippen molar-refractivity contribution in [3.05, 3.63) is 52.1 Å². The number of aromatic nitrogens is 1. The molecule has 0 saturated heterocycles. The average Bonchev–Trinajstić information content (AvgIpc) is 2.44. The van der Waals surface area contributed by atoms with Crippen molar-refractivity contribution in [1.29, 1.82) is 0 Å². The summed E-state index contributed by atoms with van der Waals surface area (Å²) in [5, 5.41) is 0. The maximum atomic E-state index is 12.7. The highest BCUT2D eigenvalue weighted by Gasteiger charge is 2.32. The molecule has 0 bridgehead atoms. The second-order valence-electron chi connectivity index (χ2n) is 4.59. The smallest absolute Gasteiger partial charge is 0.236 e. The number of alkyl halides is 3. The van der Waals surface area contributed by atoms with Crippen molar-refractivity contribution in [1.82, 2.24) is 4.98 Å². The van der Waals surface area contributed by atoms with Crippen molar-refractivity contribution < 1.29 is 21.6 Å². The Kier molecular flexibility index (Phi) is 4.90. The van der Waals surface area contributed by atoms with Crippen molar-refractivity contribution in [2.24, 2.45) is 4.99 Å². The van der Waals surface area contributed by atoms with Crippen molar-refractivity contribution in [3.8, 4) is 0 Å². The van der Waals surface area contributed by atoms with Gasteiger partial charge < -0.3 is 0 Å². The summed E-state index contributed by atoms with van der Waals surface area (Å²) in [7, 11) is -3.85. The molecule has 23 heavy (non-hydrogen) atoms. The first kappa shape index (κ1) is 17.6. The minimum Gasteiger partial charge on any atom is -0.236 e. The van der Waals surface area contributed by atoms with Gasteiger partial charge in [0, 0.05) is 24.2 Å². The van der Waals surface area contributed by atoms with Crippen LogP contribution in [-0.2, 0) is 16.0 Å². The maximum Gasteiger partial charge on any atom is 0.416 e. The van der Waals surface area contributed by atoms with Gasteiger partial charge in [0.05, 0.1) is 14.9 Å². The summed E-state index contributed by atoms with van der Waals surface area (Å²) < 4.78 is 62.3. The van der Waals surface area contributed by atoms with Gasteiger partial charge in [0.1, 0.15) is 0 Å². The van der Waals surface area contributed by atoms with E-state index in [0.717, 1.165) is 18.4 Å². The third kappa shape index (κ3) is 4.38. The van der Waals surface area contributed by atoms with Crippen LogP contribution in [0.4, 0.5) is 19.0 Å². The van der Waals surface area contributed by atoms with Crippen LogP contribution in [0.2, 0.25) is 0 Å². The zero-order valence-corrected chi connectivity index (χ0v) is 14.1. The summed E-state index contributed by atoms with van der Waals surface area (Å²) in [6.45, 7) is 0. The van der Waals surface area contributed by atoms with E-state index < -0.39 is 26.5 Å². The number of hydrogen-bond acceptors (Lipinski definition) is 4. The van der Waals surface area contributed by atoms with Gasteiger partial charge >= 0.3 is 6.18 Å². The van der Waals surface area contributed by atoms with Crippen LogP contribution in [-0.4, -0.2) is 25.9 Å². The van der Waals surface area contributed by atoms with Crippen molar-refractivity contribution >= 4 is 37.8 Å². The average molecular weight is 407 g/mol. The third-order valence-electron chi connectivity index (χ3n) is 2.81. The molecular formula is C14H10BrF3N2O2S. The fourth-order valence-electron chi connectivity index (χ4n) is 1.74. The Hall–Kier alpha value is -1.74. The number of halogens is 4. The van der Waals surface area contributed by atoms with Gasteiger partial charge in [0.15, 0.2) is 15.7 Å². The maximum absolute atomic E-state index is 12.7. The number of benzene rings is 1. The molecule has 0 saturated carbocycles. The lowest BCUT2D eigenvalue weighted by molar-refractivity contribution is -0.137. The Morgan fingerprint density at radius 1 is 1.26 bits per heavy atom. The lowest BCUT2D eigenvalue weighted by Gasteiger charge is -2.10. The van der Waals surface area contributed by atoms with Gasteiger partial charge in [-0.05, 0) is 40.2 Å². The van der Waals surface area contributed by atoms with Crippen molar-refractivity contribution in [2.75, 3.05) is 6.26 Å². The van der Waals surface area contributed by atoms with Crippen LogP contribution in [0.3, 0.4) is 0 Å². The molecule has 0 spiro atoms. The molecule has 0 unspecified atom stereocenters. The van der Waals surface area contributed by atoms with Gasteiger partial charge in [0.2, 0.25) is 0 Å². The zero-order valence-electron chi connectivity index (χ0n) is 11.7. The Morgan fingerprint density at radius 2 is 1.96 bits per heavy atom. The van der Waals surface area contributed by atoms with E-state index in [0.29, 0.717) is 10.5 Å². The minimum atomic E-state index is -4.63. The number of aliphatic imine (C=N–C) groups is 1. The highest BCUT2D eigenvalue weighted by Crippen LogP contribution is 2.32. The monoisotopic (exact) mass is 406 g/mol. The predicted molar refractivity (Wildman–Crippen MR) is 83.7 cm³/mol. The van der Waals surface area contributed by atoms with E-state index in [1.807, 2.05) is 0 Å². The fraction of sp³-hybridized carbons (Fsp3) is 0.143. The van der Waals surface area contributed by atoms with Crippen LogP contribution in [0.15, 0.2) is 50.9 Å². The molecule has 0 radical (unpaired) electrons. The van der Waals surface area contributed by atoms with E-state index in [1.54, 1.807) is 12.1 Å². The number of hydrogen-bond donors (Lipinski definition) is 0. The number of sulfone groups is 1. The summed E-state index contributed by atoms with van der Waals surface area (Å²) in [4.78, 5) is 7.54. The Bertz CT molecular complexity index is 865. The molecule has 1 heterocycles. The molecule has 0 aliphatic heterocycles. The van der Waals surface area contributed by atoms with Gasteiger partial charge in [-0.25, -0.2) is 18.4 Å². The first-order valence-corrected chi connectivity index (χ1v) is 8.83. The lowest BCUT2D eigenvalue weighted by Crippen LogP contribution is -2.09. The Labute approximate surface area is 139 Å². The van der Waals surface area contributed by atoms with E-state index >= 15 is 0 Å². The summed E-state index contributed by atoms with van der Waals surface area (Å²) in [5.41, 5.74) is -0.979. The molecule has 0 amide bonds. The normalized spacial score (nSPS) is 12.7. The third-order valence-corrected chi connectivity index (χ3v) is 4.58. The molecule has 0 aliphatic rings. The molecule has 0 N–H and O–H groups in total. The van der Waals surface area contributed by atoms with Crippen LogP contribution in [0.1, 0.15) is 11.1 Å². The summed E-state index contributed by atoms with van der Waals surface area (Å²) in [6, 6.07) is 5.83. The molecule has 2 aromatic rings. The standard InChI is InChI=1S/C14H10BrF3N2O2S/c1-23(21,22)12-7-10(14(16,17)18)5-4-9(12)8-20-13-11(15)3-2-6-19-13/h2-8H,1H3. The number of rotatable bonds is 3. The fourth-order valence-corrected chi connectivity index (χ4v) is 2.99. The van der Waals surface area contributed by atoms with E-state index in [4.69, 9.17) is 0 Å². The van der Waals surface area contributed by atoms with Crippen molar-refractivity contribution in [2.45, 2.75) is 11.1 Å². The molecule has 4 nitrogen and oxygen atoms in total. The van der Waals surface area contributed by atoms with E-state index in [-0.39, 0.29) is 11.4 Å². The van der Waals surface area contributed by atoms with Gasteiger partial charge in [-0.3, -0.25) is 0 Å². The molecule has 2 rings (SSSR count). The second-order valence-corrected chi connectivity index (χ2v) is 7.43. The Balaban J connectivity index is 2.53. The van der Waals surface area contributed by atoms with Gasteiger partial charge in [-0.15, -0.1) is 0 Å². The van der Waals surface area contributed by atoms with Crippen LogP contribution in [0.25, 0.3) is 0 Å². The van der Waals surface area contributed by atoms with Crippen molar-refractivity contribution in [3.63, 3.8) is 0 Å². The number of nitrogens with zero attached hydrogens (tertiary/aromatic N) is 2. The molecule has 1 aromatic carbocycles. The van der Waals surface area contributed by atoms with Crippen LogP contribution >= 0.6 is 15.9 Å². The first-order valence-electron chi connectivity index (χ1n) is 6.15. The highest BCUT2D eigenvalue weighted by atomic mass is 79.9. The largest absolute Gasteiger partial charge is 0.416 e. The van der Waals surface area contributed by atoms with Gasteiger partial charge in [0.25, 0.3) is 0 Å². The predicted octanol–water partition coefficient (Wildman–Crippen LogP) is 4.02. The van der Waals surface area contributed by atoms with E-state index in [2.05, 4.69) is 25.9 Å². The quantitative estimate of drug-likeness (QED) is 0.723. The van der Waals surface area contributed by atoms with Crippen LogP contribution in [0, 0.1) is 0 Å². The second kappa shape index (κ2) is 6.40. The molecule has 0 fully saturated rings. The topological polar surface area (TPSA) is 59.4 Å². The van der Waals surface area contributed by atoms with E-state index in [9.17, 15) is 21.6 Å². The van der Waals surface area contributed by atoms with E-state index in [1.165, 1.54) is 12.4 Å². The molecule has 1 aromatic heterocycles. The molecule has 122 valence electrons. The summed E-state index contributed by atoms with van der Waals surface area (Å²) in [5.74, 6) is 0.284. The zero-order chi connectivity index (χ0) is 17.3. The molecule has 9 heteroatoms. The lowest BCUT2D eigenvalue weighted by atomic mass is 10.1. The van der Waals surface area contributed by atoms with Crippen LogP contribution < -0.4 is 0 Å². The number of pyridine rings is 1. The minimum absolute atomic E-state index is 0.0538. The summed E-state index contributed by atoms with van der Waals surface area (Å²) >= 11 is 3.22. The highest BCUT2D eigenvalue weighted by molar-refractivity contribution is 9.10. The Morgan fingerprint density at radius 3 is 2.52 bits per heavy atom. The summed E-state index contributed by atoms with van der Waals surface area (Å²) in [6.07, 6.45) is -1.12. The first-order chi connectivity index (χ1) is 10.6. The SMILES string of the molecule is CS(=O)(=O)c1cc(C(F)(F)F)ccc1C=Nc1ncccc1Br. The molecule has 0 aliphatic carbocycles.